The van der Waals surface area contributed by atoms with Gasteiger partial charge in [0.2, 0.25) is 0 Å². The van der Waals surface area contributed by atoms with Gasteiger partial charge in [0.05, 0.1) is 18.5 Å². The topological polar surface area (TPSA) is 59.4 Å². The van der Waals surface area contributed by atoms with Crippen LogP contribution < -0.4 is 10.1 Å². The molecular formula is C21H24N4O2. The van der Waals surface area contributed by atoms with E-state index in [0.717, 1.165) is 29.2 Å². The van der Waals surface area contributed by atoms with E-state index in [0.29, 0.717) is 12.2 Å². The summed E-state index contributed by atoms with van der Waals surface area (Å²) in [6.07, 6.45) is 0. The van der Waals surface area contributed by atoms with E-state index in [1.54, 1.807) is 11.8 Å². The number of hydrogen-bond acceptors (Lipinski definition) is 4. The summed E-state index contributed by atoms with van der Waals surface area (Å²) in [6.45, 7) is 1.34. The molecule has 0 bridgehead atoms. The SMILES string of the molecule is COc1cccc(-c2cc(C(=O)NCCN(C)C)n(-c3ccccc3)n2)c1. The molecule has 1 amide bonds. The molecule has 3 rings (SSSR count). The smallest absolute Gasteiger partial charge is 0.270 e. The molecule has 0 fully saturated rings. The van der Waals surface area contributed by atoms with E-state index in [1.165, 1.54) is 0 Å². The second-order valence-electron chi connectivity index (χ2n) is 6.45. The average molecular weight is 364 g/mol. The number of amides is 1. The predicted molar refractivity (Wildman–Crippen MR) is 106 cm³/mol. The van der Waals surface area contributed by atoms with E-state index in [-0.39, 0.29) is 5.91 Å². The van der Waals surface area contributed by atoms with Gasteiger partial charge in [-0.2, -0.15) is 5.10 Å². The number of carbonyl (C=O) groups is 1. The Morgan fingerprint density at radius 2 is 1.89 bits per heavy atom. The third-order valence-electron chi connectivity index (χ3n) is 4.15. The lowest BCUT2D eigenvalue weighted by atomic mass is 10.1. The van der Waals surface area contributed by atoms with Gasteiger partial charge < -0.3 is 15.0 Å². The zero-order valence-electron chi connectivity index (χ0n) is 15.8. The van der Waals surface area contributed by atoms with Crippen LogP contribution in [0.1, 0.15) is 10.5 Å². The van der Waals surface area contributed by atoms with Crippen LogP contribution in [0.2, 0.25) is 0 Å². The van der Waals surface area contributed by atoms with Crippen molar-refractivity contribution in [3.63, 3.8) is 0 Å². The Hall–Kier alpha value is -3.12. The Bertz CT molecular complexity index is 904. The molecule has 1 N–H and O–H groups in total. The summed E-state index contributed by atoms with van der Waals surface area (Å²) in [7, 11) is 5.58. The fourth-order valence-corrected chi connectivity index (χ4v) is 2.72. The minimum Gasteiger partial charge on any atom is -0.497 e. The van der Waals surface area contributed by atoms with E-state index in [9.17, 15) is 4.79 Å². The second kappa shape index (κ2) is 8.51. The van der Waals surface area contributed by atoms with Gasteiger partial charge >= 0.3 is 0 Å². The van der Waals surface area contributed by atoms with Crippen LogP contribution in [0.5, 0.6) is 5.75 Å². The number of nitrogens with zero attached hydrogens (tertiary/aromatic N) is 3. The van der Waals surface area contributed by atoms with Gasteiger partial charge in [0.15, 0.2) is 0 Å². The summed E-state index contributed by atoms with van der Waals surface area (Å²) in [5.74, 6) is 0.598. The van der Waals surface area contributed by atoms with Crippen LogP contribution in [-0.4, -0.2) is 54.9 Å². The largest absolute Gasteiger partial charge is 0.497 e. The fourth-order valence-electron chi connectivity index (χ4n) is 2.72. The molecule has 1 aromatic heterocycles. The zero-order chi connectivity index (χ0) is 19.2. The zero-order valence-corrected chi connectivity index (χ0v) is 15.8. The first-order valence-electron chi connectivity index (χ1n) is 8.81. The minimum atomic E-state index is -0.151. The number of methoxy groups -OCH3 is 1. The van der Waals surface area contributed by atoms with Crippen molar-refractivity contribution in [3.05, 3.63) is 66.4 Å². The summed E-state index contributed by atoms with van der Waals surface area (Å²) in [5, 5.41) is 7.64. The Balaban J connectivity index is 1.97. The summed E-state index contributed by atoms with van der Waals surface area (Å²) >= 11 is 0. The van der Waals surface area contributed by atoms with E-state index >= 15 is 0 Å². The number of benzene rings is 2. The molecule has 0 saturated carbocycles. The standard InChI is InChI=1S/C21H24N4O2/c1-24(2)13-12-22-21(26)20-15-19(16-8-7-11-18(14-16)27-3)23-25(20)17-9-5-4-6-10-17/h4-11,14-15H,12-13H2,1-3H3,(H,22,26). The molecule has 140 valence electrons. The number of ether oxygens (including phenoxy) is 1. The third-order valence-corrected chi connectivity index (χ3v) is 4.15. The van der Waals surface area contributed by atoms with Crippen molar-refractivity contribution in [1.82, 2.24) is 20.0 Å². The van der Waals surface area contributed by atoms with Crippen LogP contribution >= 0.6 is 0 Å². The van der Waals surface area contributed by atoms with Gasteiger partial charge in [0.25, 0.3) is 5.91 Å². The van der Waals surface area contributed by atoms with Gasteiger partial charge in [-0.05, 0) is 44.4 Å². The Morgan fingerprint density at radius 3 is 2.59 bits per heavy atom. The quantitative estimate of drug-likeness (QED) is 0.700. The molecular weight excluding hydrogens is 340 g/mol. The third kappa shape index (κ3) is 4.54. The highest BCUT2D eigenvalue weighted by molar-refractivity contribution is 5.94. The lowest BCUT2D eigenvalue weighted by Gasteiger charge is -2.11. The molecule has 0 aliphatic heterocycles. The van der Waals surface area contributed by atoms with Gasteiger partial charge in [0, 0.05) is 18.7 Å². The van der Waals surface area contributed by atoms with Crippen molar-refractivity contribution in [2.45, 2.75) is 0 Å². The van der Waals surface area contributed by atoms with Gasteiger partial charge in [-0.25, -0.2) is 4.68 Å². The number of aromatic nitrogens is 2. The summed E-state index contributed by atoms with van der Waals surface area (Å²) < 4.78 is 6.98. The molecule has 0 aliphatic carbocycles. The highest BCUT2D eigenvalue weighted by Gasteiger charge is 2.17. The molecule has 3 aromatic rings. The Morgan fingerprint density at radius 1 is 1.11 bits per heavy atom. The maximum absolute atomic E-state index is 12.8. The molecule has 0 saturated heterocycles. The number of hydrogen-bond donors (Lipinski definition) is 1. The number of rotatable bonds is 7. The maximum atomic E-state index is 12.8. The highest BCUT2D eigenvalue weighted by Crippen LogP contribution is 2.25. The van der Waals surface area contributed by atoms with Crippen LogP contribution in [0.4, 0.5) is 0 Å². The van der Waals surface area contributed by atoms with Crippen molar-refractivity contribution < 1.29 is 9.53 Å². The van der Waals surface area contributed by atoms with Gasteiger partial charge in [0.1, 0.15) is 11.4 Å². The first-order chi connectivity index (χ1) is 13.1. The van der Waals surface area contributed by atoms with E-state index in [1.807, 2.05) is 79.7 Å². The summed E-state index contributed by atoms with van der Waals surface area (Å²) in [6, 6.07) is 19.1. The molecule has 0 unspecified atom stereocenters. The van der Waals surface area contributed by atoms with Gasteiger partial charge in [-0.15, -0.1) is 0 Å². The predicted octanol–water partition coefficient (Wildman–Crippen LogP) is 2.84. The lowest BCUT2D eigenvalue weighted by Crippen LogP contribution is -2.32. The van der Waals surface area contributed by atoms with Gasteiger partial charge in [-0.3, -0.25) is 4.79 Å². The first-order valence-corrected chi connectivity index (χ1v) is 8.81. The van der Waals surface area contributed by atoms with Crippen molar-refractivity contribution >= 4 is 5.91 Å². The number of para-hydroxylation sites is 1. The fraction of sp³-hybridized carbons (Fsp3) is 0.238. The lowest BCUT2D eigenvalue weighted by molar-refractivity contribution is 0.0943. The molecule has 27 heavy (non-hydrogen) atoms. The molecule has 6 nitrogen and oxygen atoms in total. The van der Waals surface area contributed by atoms with Crippen molar-refractivity contribution in [2.24, 2.45) is 0 Å². The van der Waals surface area contributed by atoms with Crippen LogP contribution in [0.15, 0.2) is 60.7 Å². The second-order valence-corrected chi connectivity index (χ2v) is 6.45. The Kier molecular flexibility index (Phi) is 5.88. The normalized spacial score (nSPS) is 10.8. The van der Waals surface area contributed by atoms with Crippen molar-refractivity contribution in [3.8, 4) is 22.7 Å². The van der Waals surface area contributed by atoms with E-state index in [4.69, 9.17) is 4.74 Å². The van der Waals surface area contributed by atoms with Crippen LogP contribution in [0.25, 0.3) is 16.9 Å². The number of likely N-dealkylation sites (N-methyl/N-ethyl adjacent to an activating group) is 1. The Labute approximate surface area is 159 Å². The van der Waals surface area contributed by atoms with Crippen LogP contribution in [0, 0.1) is 0 Å². The van der Waals surface area contributed by atoms with Crippen molar-refractivity contribution in [1.29, 1.82) is 0 Å². The molecule has 0 spiro atoms. The van der Waals surface area contributed by atoms with Crippen LogP contribution in [-0.2, 0) is 0 Å². The monoisotopic (exact) mass is 364 g/mol. The van der Waals surface area contributed by atoms with E-state index in [2.05, 4.69) is 10.4 Å². The minimum absolute atomic E-state index is 0.151. The number of carbonyl (C=O) groups excluding carboxylic acids is 1. The molecule has 6 heteroatoms. The first kappa shape index (κ1) is 18.7. The molecule has 1 heterocycles. The summed E-state index contributed by atoms with van der Waals surface area (Å²) in [5.41, 5.74) is 2.95. The van der Waals surface area contributed by atoms with E-state index < -0.39 is 0 Å². The van der Waals surface area contributed by atoms with Crippen LogP contribution in [0.3, 0.4) is 0 Å². The summed E-state index contributed by atoms with van der Waals surface area (Å²) in [4.78, 5) is 14.8. The number of nitrogens with one attached hydrogen (secondary N) is 1. The highest BCUT2D eigenvalue weighted by atomic mass is 16.5. The average Bonchev–Trinajstić information content (AvgIpc) is 3.14. The maximum Gasteiger partial charge on any atom is 0.270 e. The molecule has 0 radical (unpaired) electrons. The molecule has 2 aromatic carbocycles. The molecule has 0 aliphatic rings. The molecule has 0 atom stereocenters. The van der Waals surface area contributed by atoms with Gasteiger partial charge in [-0.1, -0.05) is 30.3 Å². The van der Waals surface area contributed by atoms with Crippen molar-refractivity contribution in [2.75, 3.05) is 34.3 Å².